The second-order valence-corrected chi connectivity index (χ2v) is 7.36. The number of halogens is 2. The van der Waals surface area contributed by atoms with Crippen LogP contribution in [0.5, 0.6) is 0 Å². The molecule has 0 radical (unpaired) electrons. The lowest BCUT2D eigenvalue weighted by atomic mass is 10.2. The summed E-state index contributed by atoms with van der Waals surface area (Å²) in [6.45, 7) is 6.14. The Morgan fingerprint density at radius 1 is 1.35 bits per heavy atom. The van der Waals surface area contributed by atoms with Gasteiger partial charge in [-0.15, -0.1) is 0 Å². The first-order valence-corrected chi connectivity index (χ1v) is 7.77. The van der Waals surface area contributed by atoms with Gasteiger partial charge in [-0.2, -0.15) is 0 Å². The summed E-state index contributed by atoms with van der Waals surface area (Å²) in [5, 5.41) is 1.06. The minimum Gasteiger partial charge on any atom is -0.460 e. The van der Waals surface area contributed by atoms with Gasteiger partial charge in [0.15, 0.2) is 0 Å². The maximum absolute atomic E-state index is 11.6. The smallest absolute Gasteiger partial charge is 0.307 e. The fraction of sp³-hybridized carbons (Fsp3) is 0.500. The molecule has 0 aliphatic heterocycles. The highest BCUT2D eigenvalue weighted by Crippen LogP contribution is 2.34. The van der Waals surface area contributed by atoms with Crippen LogP contribution in [0.1, 0.15) is 27.2 Å². The van der Waals surface area contributed by atoms with Crippen molar-refractivity contribution in [2.24, 2.45) is 0 Å². The fourth-order valence-electron chi connectivity index (χ4n) is 1.41. The zero-order valence-electron chi connectivity index (χ0n) is 12.1. The highest BCUT2D eigenvalue weighted by atomic mass is 35.5. The maximum Gasteiger partial charge on any atom is 0.307 e. The number of carbonyl (C=O) groups excluding carboxylic acids is 1. The Morgan fingerprint density at radius 2 is 2.00 bits per heavy atom. The van der Waals surface area contributed by atoms with Crippen LogP contribution in [0.15, 0.2) is 23.1 Å². The van der Waals surface area contributed by atoms with Crippen LogP contribution in [0, 0.1) is 0 Å². The average Bonchev–Trinajstić information content (AvgIpc) is 2.30. The molecule has 0 aliphatic rings. The topological polar surface area (TPSA) is 29.5 Å². The second-order valence-electron chi connectivity index (χ2n) is 5.33. The molecule has 0 spiro atoms. The number of hydrogen-bond donors (Lipinski definition) is 0. The molecule has 0 fully saturated rings. The van der Waals surface area contributed by atoms with Crippen molar-refractivity contribution in [3.63, 3.8) is 0 Å². The molecule has 0 N–H and O–H groups in total. The Bertz CT molecular complexity index is 475. The molecule has 0 aliphatic carbocycles. The van der Waals surface area contributed by atoms with Gasteiger partial charge in [0.25, 0.3) is 0 Å². The standard InChI is InChI=1S/C14H19Cl2NO2S/c1-14(2,3)19-12(18)8-9-17(4)20-11-7-5-6-10(15)13(11)16/h5-7H,8-9H2,1-4H3. The number of ether oxygens (including phenoxy) is 1. The van der Waals surface area contributed by atoms with Crippen LogP contribution in [0.3, 0.4) is 0 Å². The van der Waals surface area contributed by atoms with Gasteiger partial charge < -0.3 is 4.74 Å². The van der Waals surface area contributed by atoms with Gasteiger partial charge in [-0.25, -0.2) is 4.31 Å². The SMILES string of the molecule is CN(CCC(=O)OC(C)(C)C)Sc1cccc(Cl)c1Cl. The van der Waals surface area contributed by atoms with Gasteiger partial charge in [0.05, 0.1) is 16.5 Å². The van der Waals surface area contributed by atoms with E-state index in [0.29, 0.717) is 23.0 Å². The van der Waals surface area contributed by atoms with Gasteiger partial charge in [0.1, 0.15) is 5.60 Å². The van der Waals surface area contributed by atoms with E-state index in [-0.39, 0.29) is 5.97 Å². The van der Waals surface area contributed by atoms with Crippen LogP contribution in [0.2, 0.25) is 10.0 Å². The van der Waals surface area contributed by atoms with Gasteiger partial charge in [0.2, 0.25) is 0 Å². The summed E-state index contributed by atoms with van der Waals surface area (Å²) in [5.41, 5.74) is -0.445. The first-order valence-electron chi connectivity index (χ1n) is 6.24. The van der Waals surface area contributed by atoms with Crippen LogP contribution < -0.4 is 0 Å². The van der Waals surface area contributed by atoms with Crippen molar-refractivity contribution >= 4 is 41.1 Å². The van der Waals surface area contributed by atoms with Gasteiger partial charge in [-0.05, 0) is 51.9 Å². The monoisotopic (exact) mass is 335 g/mol. The summed E-state index contributed by atoms with van der Waals surface area (Å²) in [7, 11) is 1.90. The first kappa shape index (κ1) is 17.6. The number of esters is 1. The minimum atomic E-state index is -0.445. The third kappa shape index (κ3) is 6.35. The second kappa shape index (κ2) is 7.55. The van der Waals surface area contributed by atoms with Crippen LogP contribution in [0.4, 0.5) is 0 Å². The first-order chi connectivity index (χ1) is 9.19. The zero-order valence-corrected chi connectivity index (χ0v) is 14.4. The van der Waals surface area contributed by atoms with Crippen molar-refractivity contribution in [1.29, 1.82) is 0 Å². The molecule has 0 bridgehead atoms. The van der Waals surface area contributed by atoms with Crippen molar-refractivity contribution < 1.29 is 9.53 Å². The summed E-state index contributed by atoms with van der Waals surface area (Å²) in [5.74, 6) is -0.206. The third-order valence-corrected chi connectivity index (χ3v) is 4.18. The molecule has 0 atom stereocenters. The Balaban J connectivity index is 2.46. The molecular weight excluding hydrogens is 317 g/mol. The molecule has 0 heterocycles. The van der Waals surface area contributed by atoms with E-state index in [1.807, 2.05) is 44.3 Å². The van der Waals surface area contributed by atoms with E-state index in [2.05, 4.69) is 0 Å². The Hall–Kier alpha value is -0.420. The lowest BCUT2D eigenvalue weighted by Gasteiger charge is -2.21. The molecule has 1 aromatic rings. The molecule has 20 heavy (non-hydrogen) atoms. The van der Waals surface area contributed by atoms with E-state index in [9.17, 15) is 4.79 Å². The fourth-order valence-corrected chi connectivity index (χ4v) is 2.72. The van der Waals surface area contributed by atoms with Crippen molar-refractivity contribution in [3.05, 3.63) is 28.2 Å². The van der Waals surface area contributed by atoms with Crippen LogP contribution in [-0.4, -0.2) is 29.5 Å². The number of hydrogen-bond acceptors (Lipinski definition) is 4. The summed E-state index contributed by atoms with van der Waals surface area (Å²) in [6.07, 6.45) is 0.332. The van der Waals surface area contributed by atoms with E-state index in [0.717, 1.165) is 4.90 Å². The number of rotatable bonds is 5. The normalized spacial score (nSPS) is 11.8. The molecule has 0 unspecified atom stereocenters. The van der Waals surface area contributed by atoms with Crippen LogP contribution in [-0.2, 0) is 9.53 Å². The minimum absolute atomic E-state index is 0.206. The summed E-state index contributed by atoms with van der Waals surface area (Å²) < 4.78 is 7.19. The molecule has 112 valence electrons. The lowest BCUT2D eigenvalue weighted by molar-refractivity contribution is -0.154. The Labute approximate surface area is 134 Å². The maximum atomic E-state index is 11.6. The molecule has 3 nitrogen and oxygen atoms in total. The molecule has 0 saturated heterocycles. The van der Waals surface area contributed by atoms with E-state index >= 15 is 0 Å². The lowest BCUT2D eigenvalue weighted by Crippen LogP contribution is -2.26. The van der Waals surface area contributed by atoms with Gasteiger partial charge in [0, 0.05) is 11.4 Å². The summed E-state index contributed by atoms with van der Waals surface area (Å²) >= 11 is 13.5. The summed E-state index contributed by atoms with van der Waals surface area (Å²) in [4.78, 5) is 12.5. The molecule has 1 rings (SSSR count). The number of benzene rings is 1. The zero-order chi connectivity index (χ0) is 15.3. The molecule has 0 amide bonds. The van der Waals surface area contributed by atoms with Gasteiger partial charge >= 0.3 is 5.97 Å². The third-order valence-electron chi connectivity index (χ3n) is 2.22. The highest BCUT2D eigenvalue weighted by molar-refractivity contribution is 7.97. The molecule has 6 heteroatoms. The highest BCUT2D eigenvalue weighted by Gasteiger charge is 2.17. The molecule has 1 aromatic carbocycles. The molecular formula is C14H19Cl2NO2S. The predicted octanol–water partition coefficient (Wildman–Crippen LogP) is 4.66. The average molecular weight is 336 g/mol. The predicted molar refractivity (Wildman–Crippen MR) is 85.4 cm³/mol. The van der Waals surface area contributed by atoms with E-state index in [1.54, 1.807) is 6.07 Å². The number of nitrogens with zero attached hydrogens (tertiary/aromatic N) is 1. The van der Waals surface area contributed by atoms with E-state index in [1.165, 1.54) is 11.9 Å². The summed E-state index contributed by atoms with van der Waals surface area (Å²) in [6, 6.07) is 5.48. The Morgan fingerprint density at radius 3 is 2.60 bits per heavy atom. The number of carbonyl (C=O) groups is 1. The van der Waals surface area contributed by atoms with Gasteiger partial charge in [-0.1, -0.05) is 29.3 Å². The van der Waals surface area contributed by atoms with Crippen molar-refractivity contribution in [2.75, 3.05) is 13.6 Å². The van der Waals surface area contributed by atoms with E-state index < -0.39 is 5.60 Å². The largest absolute Gasteiger partial charge is 0.460 e. The van der Waals surface area contributed by atoms with E-state index in [4.69, 9.17) is 27.9 Å². The van der Waals surface area contributed by atoms with Crippen molar-refractivity contribution in [3.8, 4) is 0 Å². The molecule has 0 saturated carbocycles. The van der Waals surface area contributed by atoms with Crippen LogP contribution >= 0.6 is 35.1 Å². The van der Waals surface area contributed by atoms with Crippen molar-refractivity contribution in [2.45, 2.75) is 37.7 Å². The quantitative estimate of drug-likeness (QED) is 0.578. The van der Waals surface area contributed by atoms with Crippen molar-refractivity contribution in [1.82, 2.24) is 4.31 Å². The Kier molecular flexibility index (Phi) is 6.65. The van der Waals surface area contributed by atoms with Crippen LogP contribution in [0.25, 0.3) is 0 Å². The molecule has 0 aromatic heterocycles. The van der Waals surface area contributed by atoms with Gasteiger partial charge in [-0.3, -0.25) is 4.79 Å².